The molecule has 0 heterocycles. The van der Waals surface area contributed by atoms with E-state index in [0.717, 1.165) is 0 Å². The molecule has 128 valence electrons. The first-order valence-electron chi connectivity index (χ1n) is 7.63. The molecule has 0 fully saturated rings. The van der Waals surface area contributed by atoms with Crippen molar-refractivity contribution in [1.29, 1.82) is 0 Å². The fourth-order valence-corrected chi connectivity index (χ4v) is 0.770. The quantitative estimate of drug-likeness (QED) is 0.598. The van der Waals surface area contributed by atoms with Gasteiger partial charge in [0.05, 0.1) is 0 Å². The van der Waals surface area contributed by atoms with Crippen LogP contribution < -0.4 is 0 Å². The molecule has 0 amide bonds. The normalized spacial score (nSPS) is 6.55. The van der Waals surface area contributed by atoms with E-state index in [0.29, 0.717) is 0 Å². The molecule has 0 aliphatic heterocycles. The van der Waals surface area contributed by atoms with Crippen molar-refractivity contribution >= 4 is 0 Å². The molecule has 0 aliphatic carbocycles. The van der Waals surface area contributed by atoms with Crippen LogP contribution in [-0.2, 0) is 9.47 Å². The fourth-order valence-electron chi connectivity index (χ4n) is 0.770. The van der Waals surface area contributed by atoms with Crippen molar-refractivity contribution in [2.24, 2.45) is 0 Å². The lowest BCUT2D eigenvalue weighted by molar-refractivity contribution is 0.277. The van der Waals surface area contributed by atoms with Gasteiger partial charge in [-0.25, -0.2) is 0 Å². The minimum absolute atomic E-state index is 1.62. The van der Waals surface area contributed by atoms with Crippen LogP contribution in [0.3, 0.4) is 0 Å². The Kier molecular flexibility index (Phi) is 55.4. The molecule has 2 rings (SSSR count). The van der Waals surface area contributed by atoms with Gasteiger partial charge in [0.25, 0.3) is 0 Å². The third-order valence-electron chi connectivity index (χ3n) is 1.33. The summed E-state index contributed by atoms with van der Waals surface area (Å²) in [6.07, 6.45) is 0. The first-order valence-corrected chi connectivity index (χ1v) is 7.63. The zero-order valence-corrected chi connectivity index (χ0v) is 15.7. The van der Waals surface area contributed by atoms with Crippen LogP contribution in [0.4, 0.5) is 0 Å². The number of hydrogen-bond acceptors (Lipinski definition) is 2. The van der Waals surface area contributed by atoms with E-state index in [9.17, 15) is 0 Å². The summed E-state index contributed by atoms with van der Waals surface area (Å²) in [4.78, 5) is 0. The average Bonchev–Trinajstić information content (AvgIpc) is 2.63. The molecule has 0 N–H and O–H groups in total. The predicted molar refractivity (Wildman–Crippen MR) is 101 cm³/mol. The van der Waals surface area contributed by atoms with Crippen LogP contribution in [0.5, 0.6) is 0 Å². The maximum atomic E-state index is 4.25. The van der Waals surface area contributed by atoms with Crippen LogP contribution in [0, 0.1) is 0 Å². The lowest BCUT2D eigenvalue weighted by Gasteiger charge is -1.69. The van der Waals surface area contributed by atoms with E-state index in [1.165, 1.54) is 0 Å². The molecule has 2 heteroatoms. The summed E-state index contributed by atoms with van der Waals surface area (Å²) >= 11 is 0. The van der Waals surface area contributed by atoms with E-state index >= 15 is 0 Å². The zero-order chi connectivity index (χ0) is 17.9. The maximum Gasteiger partial charge on any atom is 0.0351 e. The Hall–Kier alpha value is -1.64. The van der Waals surface area contributed by atoms with Crippen LogP contribution >= 0.6 is 0 Å². The summed E-state index contributed by atoms with van der Waals surface area (Å²) in [7, 11) is 6.50. The molecule has 0 aromatic heterocycles. The van der Waals surface area contributed by atoms with Gasteiger partial charge in [0.15, 0.2) is 0 Å². The second kappa shape index (κ2) is 42.7. The van der Waals surface area contributed by atoms with Gasteiger partial charge >= 0.3 is 0 Å². The standard InChI is InChI=1S/2C6H6.2C2H6O.2C2H6/c2*1-2-4-6-5-3-1;2*1-3-2;2*1-2/h2*1-6H;2*1-2H3;2*1-2H3. The molecule has 0 radical (unpaired) electrons. The second-order valence-electron chi connectivity index (χ2n) is 3.13. The number of hydrogen-bond donors (Lipinski definition) is 0. The Balaban J connectivity index is -0.0000000954. The van der Waals surface area contributed by atoms with Crippen molar-refractivity contribution in [1.82, 2.24) is 0 Å². The summed E-state index contributed by atoms with van der Waals surface area (Å²) < 4.78 is 8.50. The molecule has 2 nitrogen and oxygen atoms in total. The van der Waals surface area contributed by atoms with Gasteiger partial charge in [-0.3, -0.25) is 0 Å². The Morgan fingerprint density at radius 1 is 0.318 bits per heavy atom. The third-order valence-corrected chi connectivity index (χ3v) is 1.33. The van der Waals surface area contributed by atoms with Crippen LogP contribution in [0.25, 0.3) is 0 Å². The van der Waals surface area contributed by atoms with Gasteiger partial charge in [-0.15, -0.1) is 0 Å². The minimum Gasteiger partial charge on any atom is -0.388 e. The summed E-state index contributed by atoms with van der Waals surface area (Å²) in [5.74, 6) is 0. The molecular weight excluding hydrogens is 272 g/mol. The van der Waals surface area contributed by atoms with Crippen molar-refractivity contribution in [3.63, 3.8) is 0 Å². The average molecular weight is 309 g/mol. The highest BCUT2D eigenvalue weighted by Crippen LogP contribution is 1.80. The lowest BCUT2D eigenvalue weighted by atomic mass is 10.4. The van der Waals surface area contributed by atoms with Gasteiger partial charge in [-0.05, 0) is 0 Å². The molecule has 0 spiro atoms. The van der Waals surface area contributed by atoms with E-state index in [1.54, 1.807) is 28.4 Å². The second-order valence-corrected chi connectivity index (χ2v) is 3.13. The summed E-state index contributed by atoms with van der Waals surface area (Å²) in [5.41, 5.74) is 0. The van der Waals surface area contributed by atoms with Crippen LogP contribution in [0.2, 0.25) is 0 Å². The lowest BCUT2D eigenvalue weighted by Crippen LogP contribution is -1.55. The molecular formula is C20H36O2. The monoisotopic (exact) mass is 308 g/mol. The topological polar surface area (TPSA) is 18.5 Å². The van der Waals surface area contributed by atoms with Gasteiger partial charge in [0, 0.05) is 28.4 Å². The van der Waals surface area contributed by atoms with Crippen LogP contribution in [-0.4, -0.2) is 28.4 Å². The molecule has 2 aromatic rings. The largest absolute Gasteiger partial charge is 0.388 e. The Bertz CT molecular complexity index is 209. The summed E-state index contributed by atoms with van der Waals surface area (Å²) in [6, 6.07) is 24.0. The fraction of sp³-hybridized carbons (Fsp3) is 0.400. The highest BCUT2D eigenvalue weighted by molar-refractivity contribution is 4.99. The Morgan fingerprint density at radius 2 is 0.364 bits per heavy atom. The van der Waals surface area contributed by atoms with E-state index in [4.69, 9.17) is 0 Å². The molecule has 0 saturated carbocycles. The maximum absolute atomic E-state index is 4.25. The van der Waals surface area contributed by atoms with E-state index < -0.39 is 0 Å². The molecule has 0 aliphatic rings. The molecule has 2 aromatic carbocycles. The summed E-state index contributed by atoms with van der Waals surface area (Å²) in [5, 5.41) is 0. The number of benzene rings is 2. The van der Waals surface area contributed by atoms with Gasteiger partial charge in [0.2, 0.25) is 0 Å². The number of methoxy groups -OCH3 is 2. The highest BCUT2D eigenvalue weighted by atomic mass is 16.5. The van der Waals surface area contributed by atoms with Crippen molar-refractivity contribution in [2.75, 3.05) is 28.4 Å². The van der Waals surface area contributed by atoms with Crippen molar-refractivity contribution in [2.45, 2.75) is 27.7 Å². The van der Waals surface area contributed by atoms with Crippen molar-refractivity contribution in [3.8, 4) is 0 Å². The van der Waals surface area contributed by atoms with E-state index in [2.05, 4.69) is 9.47 Å². The predicted octanol–water partition coefficient (Wildman–Crippen LogP) is 5.95. The Morgan fingerprint density at radius 3 is 0.409 bits per heavy atom. The van der Waals surface area contributed by atoms with Gasteiger partial charge < -0.3 is 9.47 Å². The Labute approximate surface area is 139 Å². The van der Waals surface area contributed by atoms with E-state index in [1.807, 2.05) is 100 Å². The number of rotatable bonds is 0. The zero-order valence-electron chi connectivity index (χ0n) is 15.7. The van der Waals surface area contributed by atoms with Gasteiger partial charge in [0.1, 0.15) is 0 Å². The smallest absolute Gasteiger partial charge is 0.0351 e. The van der Waals surface area contributed by atoms with Gasteiger partial charge in [-0.1, -0.05) is 100 Å². The van der Waals surface area contributed by atoms with E-state index in [-0.39, 0.29) is 0 Å². The summed E-state index contributed by atoms with van der Waals surface area (Å²) in [6.45, 7) is 8.00. The molecule has 0 saturated heterocycles. The first-order chi connectivity index (χ1) is 10.8. The first kappa shape index (κ1) is 28.5. The third kappa shape index (κ3) is 51.6. The minimum atomic E-state index is 1.62. The van der Waals surface area contributed by atoms with Crippen molar-refractivity contribution < 1.29 is 9.47 Å². The highest BCUT2D eigenvalue weighted by Gasteiger charge is 1.58. The van der Waals surface area contributed by atoms with Crippen molar-refractivity contribution in [3.05, 3.63) is 72.8 Å². The molecule has 0 atom stereocenters. The van der Waals surface area contributed by atoms with Crippen LogP contribution in [0.1, 0.15) is 27.7 Å². The van der Waals surface area contributed by atoms with Gasteiger partial charge in [-0.2, -0.15) is 0 Å². The van der Waals surface area contributed by atoms with Crippen LogP contribution in [0.15, 0.2) is 72.8 Å². The SMILES string of the molecule is CC.CC.COC.COC.c1ccccc1.c1ccccc1. The molecule has 22 heavy (non-hydrogen) atoms. The molecule has 0 bridgehead atoms. The molecule has 0 unspecified atom stereocenters. The number of ether oxygens (including phenoxy) is 2.